The van der Waals surface area contributed by atoms with Crippen LogP contribution in [0.3, 0.4) is 0 Å². The van der Waals surface area contributed by atoms with Crippen LogP contribution in [0.1, 0.15) is 22.8 Å². The second kappa shape index (κ2) is 6.98. The molecule has 4 aromatic rings. The van der Waals surface area contributed by atoms with Crippen LogP contribution < -0.4 is 22.6 Å². The number of rotatable bonds is 0. The minimum Gasteiger partial charge on any atom is -0.369 e. The Morgan fingerprint density at radius 2 is 0.893 bits per heavy atom. The van der Waals surface area contributed by atoms with Gasteiger partial charge in [0.05, 0.1) is 22.8 Å². The zero-order chi connectivity index (χ0) is 20.6. The predicted octanol–water partition coefficient (Wildman–Crippen LogP) is -0.176. The molecule has 28 heavy (non-hydrogen) atoms. The highest BCUT2D eigenvalue weighted by Crippen LogP contribution is 2.07. The molecule has 0 atom stereocenters. The molecule has 0 saturated heterocycles. The normalized spacial score (nSPS) is 10.7. The molecule has 0 saturated carbocycles. The first-order valence-corrected chi connectivity index (χ1v) is 8.17. The van der Waals surface area contributed by atoms with Crippen LogP contribution in [-0.4, -0.2) is 39.9 Å². The van der Waals surface area contributed by atoms with E-state index >= 15 is 0 Å². The Hall–Kier alpha value is -3.96. The van der Waals surface area contributed by atoms with Crippen LogP contribution in [0, 0.1) is 27.7 Å². The van der Waals surface area contributed by atoms with Crippen molar-refractivity contribution >= 4 is 34.2 Å². The molecule has 4 rings (SSSR count). The van der Waals surface area contributed by atoms with Crippen molar-refractivity contribution < 1.29 is 0 Å². The maximum absolute atomic E-state index is 11.4. The number of H-pyrrole nitrogens is 2. The second-order valence-electron chi connectivity index (χ2n) is 6.04. The smallest absolute Gasteiger partial charge is 0.280 e. The van der Waals surface area contributed by atoms with Gasteiger partial charge >= 0.3 is 0 Å². The average molecular weight is 382 g/mol. The third-order valence-electron chi connectivity index (χ3n) is 3.94. The molecule has 0 bridgehead atoms. The molecular formula is C16H18N10O2. The third-order valence-corrected chi connectivity index (χ3v) is 3.94. The monoisotopic (exact) mass is 382 g/mol. The summed E-state index contributed by atoms with van der Waals surface area (Å²) < 4.78 is 0. The number of anilines is 2. The Bertz CT molecular complexity index is 1220. The van der Waals surface area contributed by atoms with E-state index in [1.165, 1.54) is 0 Å². The minimum absolute atomic E-state index is 0.0556. The Labute approximate surface area is 157 Å². The molecule has 0 aliphatic rings. The van der Waals surface area contributed by atoms with Gasteiger partial charge in [-0.3, -0.25) is 19.6 Å². The fraction of sp³-hybridized carbons (Fsp3) is 0.250. The lowest BCUT2D eigenvalue weighted by Gasteiger charge is -2.00. The van der Waals surface area contributed by atoms with Gasteiger partial charge < -0.3 is 11.5 Å². The lowest BCUT2D eigenvalue weighted by molar-refractivity contribution is 1.05. The minimum atomic E-state index is -0.358. The number of aromatic nitrogens is 8. The summed E-state index contributed by atoms with van der Waals surface area (Å²) >= 11 is 0. The summed E-state index contributed by atoms with van der Waals surface area (Å²) in [5.74, 6) is 0.111. The van der Waals surface area contributed by atoms with Crippen molar-refractivity contribution in [2.24, 2.45) is 0 Å². The fourth-order valence-corrected chi connectivity index (χ4v) is 2.28. The average Bonchev–Trinajstić information content (AvgIpc) is 2.59. The number of aromatic amines is 2. The molecule has 12 heteroatoms. The molecule has 12 nitrogen and oxygen atoms in total. The van der Waals surface area contributed by atoms with Gasteiger partial charge in [0.2, 0.25) is 11.9 Å². The summed E-state index contributed by atoms with van der Waals surface area (Å²) in [6.45, 7) is 7.19. The first kappa shape index (κ1) is 18.8. The third kappa shape index (κ3) is 3.60. The second-order valence-corrected chi connectivity index (χ2v) is 6.04. The van der Waals surface area contributed by atoms with E-state index in [2.05, 4.69) is 39.9 Å². The molecule has 4 heterocycles. The molecule has 0 unspecified atom stereocenters. The van der Waals surface area contributed by atoms with Crippen molar-refractivity contribution in [1.82, 2.24) is 39.9 Å². The molecular weight excluding hydrogens is 364 g/mol. The number of aryl methyl sites for hydroxylation is 4. The highest BCUT2D eigenvalue weighted by Gasteiger charge is 2.07. The standard InChI is InChI=1S/2C8H9N5O/c2*1-3-4(2)11-6-5(10-3)7(14)13-8(9)12-6/h2*1-2H3,(H3,9,11,12,13,14). The van der Waals surface area contributed by atoms with Crippen LogP contribution >= 0.6 is 0 Å². The van der Waals surface area contributed by atoms with Crippen molar-refractivity contribution in [3.05, 3.63) is 43.5 Å². The highest BCUT2D eigenvalue weighted by molar-refractivity contribution is 5.70. The molecule has 144 valence electrons. The molecule has 0 fully saturated rings. The SMILES string of the molecule is Cc1nc2nc(N)[nH]c(=O)c2nc1C.Cc1nc2nc(N)[nH]c(=O)c2nc1C. The summed E-state index contributed by atoms with van der Waals surface area (Å²) in [4.78, 5) is 51.7. The Morgan fingerprint density at radius 1 is 0.571 bits per heavy atom. The number of fused-ring (bicyclic) bond motifs is 2. The first-order valence-electron chi connectivity index (χ1n) is 8.17. The van der Waals surface area contributed by atoms with Crippen molar-refractivity contribution in [2.75, 3.05) is 11.5 Å². The van der Waals surface area contributed by atoms with Crippen LogP contribution in [0.2, 0.25) is 0 Å². The van der Waals surface area contributed by atoms with Crippen LogP contribution in [0.15, 0.2) is 9.59 Å². The van der Waals surface area contributed by atoms with Gasteiger partial charge in [0.25, 0.3) is 11.1 Å². The molecule has 0 radical (unpaired) electrons. The largest absolute Gasteiger partial charge is 0.369 e. The number of nitrogens with zero attached hydrogens (tertiary/aromatic N) is 6. The number of nitrogen functional groups attached to an aromatic ring is 2. The number of nitrogens with one attached hydrogen (secondary N) is 2. The van der Waals surface area contributed by atoms with Gasteiger partial charge in [0.15, 0.2) is 22.3 Å². The molecule has 6 N–H and O–H groups in total. The molecule has 0 amide bonds. The van der Waals surface area contributed by atoms with E-state index in [1.54, 1.807) is 27.7 Å². The Kier molecular flexibility index (Phi) is 4.69. The van der Waals surface area contributed by atoms with Crippen LogP contribution in [0.4, 0.5) is 11.9 Å². The molecule has 0 aromatic carbocycles. The summed E-state index contributed by atoms with van der Waals surface area (Å²) in [6.07, 6.45) is 0. The predicted molar refractivity (Wildman–Crippen MR) is 104 cm³/mol. The number of nitrogens with two attached hydrogens (primary N) is 2. The van der Waals surface area contributed by atoms with E-state index in [4.69, 9.17) is 11.5 Å². The van der Waals surface area contributed by atoms with Crippen molar-refractivity contribution in [2.45, 2.75) is 27.7 Å². The molecule has 0 aliphatic heterocycles. The van der Waals surface area contributed by atoms with Gasteiger partial charge in [-0.15, -0.1) is 0 Å². The lowest BCUT2D eigenvalue weighted by Crippen LogP contribution is -2.14. The van der Waals surface area contributed by atoms with E-state index in [1.807, 2.05) is 0 Å². The van der Waals surface area contributed by atoms with Gasteiger partial charge in [-0.2, -0.15) is 9.97 Å². The molecule has 0 spiro atoms. The van der Waals surface area contributed by atoms with Crippen LogP contribution in [0.5, 0.6) is 0 Å². The van der Waals surface area contributed by atoms with Crippen molar-refractivity contribution in [1.29, 1.82) is 0 Å². The van der Waals surface area contributed by atoms with Crippen LogP contribution in [-0.2, 0) is 0 Å². The van der Waals surface area contributed by atoms with Gasteiger partial charge in [0.1, 0.15) is 0 Å². The van der Waals surface area contributed by atoms with Crippen molar-refractivity contribution in [3.8, 4) is 0 Å². The van der Waals surface area contributed by atoms with E-state index in [0.717, 1.165) is 22.8 Å². The van der Waals surface area contributed by atoms with E-state index < -0.39 is 0 Å². The summed E-state index contributed by atoms with van der Waals surface area (Å²) in [6, 6.07) is 0. The quantitative estimate of drug-likeness (QED) is 0.317. The Balaban J connectivity index is 0.000000161. The fourth-order valence-electron chi connectivity index (χ4n) is 2.28. The maximum atomic E-state index is 11.4. The van der Waals surface area contributed by atoms with Crippen LogP contribution in [0.25, 0.3) is 22.3 Å². The number of hydrogen-bond acceptors (Lipinski definition) is 10. The zero-order valence-corrected chi connectivity index (χ0v) is 15.7. The highest BCUT2D eigenvalue weighted by atomic mass is 16.1. The van der Waals surface area contributed by atoms with Crippen molar-refractivity contribution in [3.63, 3.8) is 0 Å². The lowest BCUT2D eigenvalue weighted by atomic mass is 10.3. The summed E-state index contributed by atoms with van der Waals surface area (Å²) in [7, 11) is 0. The van der Waals surface area contributed by atoms with Gasteiger partial charge in [-0.25, -0.2) is 19.9 Å². The first-order chi connectivity index (χ1) is 13.2. The molecule has 4 aromatic heterocycles. The zero-order valence-electron chi connectivity index (χ0n) is 15.7. The van der Waals surface area contributed by atoms with E-state index in [9.17, 15) is 9.59 Å². The Morgan fingerprint density at radius 3 is 1.25 bits per heavy atom. The summed E-state index contributed by atoms with van der Waals surface area (Å²) in [5, 5.41) is 0. The van der Waals surface area contributed by atoms with Gasteiger partial charge in [-0.05, 0) is 27.7 Å². The van der Waals surface area contributed by atoms with Gasteiger partial charge in [0, 0.05) is 0 Å². The topological polar surface area (TPSA) is 195 Å². The molecule has 0 aliphatic carbocycles. The summed E-state index contributed by atoms with van der Waals surface area (Å²) in [5.41, 5.74) is 14.0. The van der Waals surface area contributed by atoms with E-state index in [-0.39, 0.29) is 45.3 Å². The van der Waals surface area contributed by atoms with E-state index in [0.29, 0.717) is 0 Å². The number of hydrogen-bond donors (Lipinski definition) is 4. The maximum Gasteiger partial charge on any atom is 0.280 e. The van der Waals surface area contributed by atoms with Gasteiger partial charge in [-0.1, -0.05) is 0 Å².